The minimum Gasteiger partial charge on any atom is -0.340 e. The molecule has 8 heteroatoms. The summed E-state index contributed by atoms with van der Waals surface area (Å²) in [4.78, 5) is 23.8. The third-order valence-electron chi connectivity index (χ3n) is 4.28. The van der Waals surface area contributed by atoms with Crippen LogP contribution in [0.25, 0.3) is 22.3 Å². The van der Waals surface area contributed by atoms with Crippen molar-refractivity contribution in [2.75, 3.05) is 17.2 Å². The maximum absolute atomic E-state index is 11.8. The van der Waals surface area contributed by atoms with E-state index in [-0.39, 0.29) is 6.03 Å². The number of amides is 2. The Morgan fingerprint density at radius 3 is 2.72 bits per heavy atom. The lowest BCUT2D eigenvalue weighted by Crippen LogP contribution is -2.28. The number of aromatic amines is 1. The summed E-state index contributed by atoms with van der Waals surface area (Å²) in [5.41, 5.74) is 4.05. The van der Waals surface area contributed by atoms with E-state index in [1.54, 1.807) is 0 Å². The predicted molar refractivity (Wildman–Crippen MR) is 117 cm³/mol. The Morgan fingerprint density at radius 1 is 1.07 bits per heavy atom. The SMILES string of the molecule is CCNC(=O)Nc1cccc(-c2cc3c(Nc4cccc(Cl)c4)ncnc3[nH]2)c1. The van der Waals surface area contributed by atoms with Crippen LogP contribution in [0.15, 0.2) is 60.9 Å². The van der Waals surface area contributed by atoms with Crippen molar-refractivity contribution < 1.29 is 4.79 Å². The topological polar surface area (TPSA) is 94.7 Å². The summed E-state index contributed by atoms with van der Waals surface area (Å²) < 4.78 is 0. The normalized spacial score (nSPS) is 10.7. The van der Waals surface area contributed by atoms with Gasteiger partial charge in [0, 0.05) is 34.2 Å². The number of hydrogen-bond donors (Lipinski definition) is 4. The fraction of sp³-hybridized carbons (Fsp3) is 0.0952. The number of nitrogens with zero attached hydrogens (tertiary/aromatic N) is 2. The summed E-state index contributed by atoms with van der Waals surface area (Å²) in [6.45, 7) is 2.44. The molecule has 0 unspecified atom stereocenters. The first-order chi connectivity index (χ1) is 14.1. The quantitative estimate of drug-likeness (QED) is 0.368. The van der Waals surface area contributed by atoms with E-state index < -0.39 is 0 Å². The molecule has 0 radical (unpaired) electrons. The zero-order valence-corrected chi connectivity index (χ0v) is 16.4. The van der Waals surface area contributed by atoms with Crippen molar-refractivity contribution in [3.63, 3.8) is 0 Å². The van der Waals surface area contributed by atoms with Crippen LogP contribution in [0, 0.1) is 0 Å². The number of urea groups is 1. The van der Waals surface area contributed by atoms with E-state index in [2.05, 4.69) is 30.9 Å². The number of carbonyl (C=O) groups excluding carboxylic acids is 1. The van der Waals surface area contributed by atoms with Crippen molar-refractivity contribution in [3.05, 3.63) is 65.9 Å². The average Bonchev–Trinajstić information content (AvgIpc) is 3.14. The molecule has 0 aliphatic rings. The zero-order chi connectivity index (χ0) is 20.2. The summed E-state index contributed by atoms with van der Waals surface area (Å²) in [7, 11) is 0. The van der Waals surface area contributed by atoms with Gasteiger partial charge in [-0.25, -0.2) is 14.8 Å². The molecule has 0 saturated carbocycles. The van der Waals surface area contributed by atoms with Crippen molar-refractivity contribution in [3.8, 4) is 11.3 Å². The maximum Gasteiger partial charge on any atom is 0.319 e. The van der Waals surface area contributed by atoms with Crippen LogP contribution >= 0.6 is 11.6 Å². The number of rotatable bonds is 5. The molecule has 4 N–H and O–H groups in total. The van der Waals surface area contributed by atoms with Gasteiger partial charge in [0.1, 0.15) is 17.8 Å². The van der Waals surface area contributed by atoms with Crippen molar-refractivity contribution in [2.45, 2.75) is 6.92 Å². The molecule has 0 atom stereocenters. The van der Waals surface area contributed by atoms with Gasteiger partial charge in [0.2, 0.25) is 0 Å². The fourth-order valence-electron chi connectivity index (χ4n) is 3.00. The molecule has 2 amide bonds. The molecule has 4 rings (SSSR count). The average molecular weight is 407 g/mol. The van der Waals surface area contributed by atoms with Gasteiger partial charge < -0.3 is 20.9 Å². The number of fused-ring (bicyclic) bond motifs is 1. The van der Waals surface area contributed by atoms with Gasteiger partial charge in [0.25, 0.3) is 0 Å². The molecule has 0 bridgehead atoms. The van der Waals surface area contributed by atoms with Crippen LogP contribution in [0.1, 0.15) is 6.92 Å². The van der Waals surface area contributed by atoms with Crippen LogP contribution in [0.5, 0.6) is 0 Å². The van der Waals surface area contributed by atoms with Crippen molar-refractivity contribution >= 4 is 45.9 Å². The molecule has 7 nitrogen and oxygen atoms in total. The summed E-state index contributed by atoms with van der Waals surface area (Å²) in [6.07, 6.45) is 1.50. The Hall–Kier alpha value is -3.58. The first kappa shape index (κ1) is 18.8. The minimum absolute atomic E-state index is 0.236. The molecular weight excluding hydrogens is 388 g/mol. The zero-order valence-electron chi connectivity index (χ0n) is 15.7. The monoisotopic (exact) mass is 406 g/mol. The Labute approximate surface area is 172 Å². The van der Waals surface area contributed by atoms with Crippen LogP contribution in [0.4, 0.5) is 22.0 Å². The Balaban J connectivity index is 1.65. The summed E-state index contributed by atoms with van der Waals surface area (Å²) in [5, 5.41) is 10.3. The summed E-state index contributed by atoms with van der Waals surface area (Å²) >= 11 is 6.07. The molecule has 2 aromatic carbocycles. The molecule has 2 heterocycles. The highest BCUT2D eigenvalue weighted by molar-refractivity contribution is 6.30. The molecule has 4 aromatic rings. The van der Waals surface area contributed by atoms with E-state index in [0.29, 0.717) is 28.7 Å². The number of hydrogen-bond acceptors (Lipinski definition) is 4. The fourth-order valence-corrected chi connectivity index (χ4v) is 3.19. The molecule has 0 aliphatic heterocycles. The van der Waals surface area contributed by atoms with Crippen LogP contribution in [-0.2, 0) is 0 Å². The number of aromatic nitrogens is 3. The van der Waals surface area contributed by atoms with Gasteiger partial charge in [-0.1, -0.05) is 29.8 Å². The first-order valence-electron chi connectivity index (χ1n) is 9.14. The number of nitrogens with one attached hydrogen (secondary N) is 4. The van der Waals surface area contributed by atoms with Gasteiger partial charge in [0.15, 0.2) is 0 Å². The van der Waals surface area contributed by atoms with E-state index in [0.717, 1.165) is 22.3 Å². The van der Waals surface area contributed by atoms with E-state index in [4.69, 9.17) is 11.6 Å². The molecule has 0 aliphatic carbocycles. The highest BCUT2D eigenvalue weighted by atomic mass is 35.5. The molecule has 0 saturated heterocycles. The van der Waals surface area contributed by atoms with E-state index in [1.165, 1.54) is 6.33 Å². The third kappa shape index (κ3) is 4.30. The first-order valence-corrected chi connectivity index (χ1v) is 9.52. The molecule has 0 spiro atoms. The van der Waals surface area contributed by atoms with Gasteiger partial charge in [-0.05, 0) is 43.3 Å². The second-order valence-corrected chi connectivity index (χ2v) is 6.80. The van der Waals surface area contributed by atoms with Gasteiger partial charge in [0.05, 0.1) is 5.39 Å². The van der Waals surface area contributed by atoms with E-state index in [1.807, 2.05) is 61.5 Å². The molecule has 0 fully saturated rings. The van der Waals surface area contributed by atoms with Crippen LogP contribution in [0.2, 0.25) is 5.02 Å². The van der Waals surface area contributed by atoms with Crippen LogP contribution in [-0.4, -0.2) is 27.5 Å². The Morgan fingerprint density at radius 2 is 1.90 bits per heavy atom. The van der Waals surface area contributed by atoms with Crippen molar-refractivity contribution in [1.29, 1.82) is 0 Å². The third-order valence-corrected chi connectivity index (χ3v) is 4.52. The summed E-state index contributed by atoms with van der Waals surface area (Å²) in [5.74, 6) is 0.677. The molecule has 29 heavy (non-hydrogen) atoms. The Bertz CT molecular complexity index is 1170. The Kier molecular flexibility index (Phi) is 5.31. The van der Waals surface area contributed by atoms with E-state index in [9.17, 15) is 4.79 Å². The van der Waals surface area contributed by atoms with Crippen LogP contribution < -0.4 is 16.0 Å². The highest BCUT2D eigenvalue weighted by Crippen LogP contribution is 2.30. The standard InChI is InChI=1S/C21H19ClN6O/c1-2-23-21(29)27-15-7-3-5-13(9-15)18-11-17-19(24-12-25-20(17)28-18)26-16-8-4-6-14(22)10-16/h3-12H,2H2,1H3,(H2,23,27,29)(H2,24,25,26,28). The van der Waals surface area contributed by atoms with E-state index >= 15 is 0 Å². The number of anilines is 3. The summed E-state index contributed by atoms with van der Waals surface area (Å²) in [6, 6.07) is 16.8. The lowest BCUT2D eigenvalue weighted by atomic mass is 10.1. The number of benzene rings is 2. The lowest BCUT2D eigenvalue weighted by molar-refractivity contribution is 0.252. The number of halogens is 1. The largest absolute Gasteiger partial charge is 0.340 e. The second-order valence-electron chi connectivity index (χ2n) is 6.37. The van der Waals surface area contributed by atoms with Crippen molar-refractivity contribution in [1.82, 2.24) is 20.3 Å². The maximum atomic E-state index is 11.8. The highest BCUT2D eigenvalue weighted by Gasteiger charge is 2.11. The molecular formula is C21H19ClN6O. The number of carbonyl (C=O) groups is 1. The van der Waals surface area contributed by atoms with Crippen molar-refractivity contribution in [2.24, 2.45) is 0 Å². The predicted octanol–water partition coefficient (Wildman–Crippen LogP) is 5.16. The minimum atomic E-state index is -0.236. The molecule has 146 valence electrons. The lowest BCUT2D eigenvalue weighted by Gasteiger charge is -2.07. The van der Waals surface area contributed by atoms with Gasteiger partial charge in [-0.3, -0.25) is 0 Å². The number of H-pyrrole nitrogens is 1. The van der Waals surface area contributed by atoms with Gasteiger partial charge >= 0.3 is 6.03 Å². The smallest absolute Gasteiger partial charge is 0.319 e. The van der Waals surface area contributed by atoms with Gasteiger partial charge in [-0.2, -0.15) is 0 Å². The van der Waals surface area contributed by atoms with Crippen LogP contribution in [0.3, 0.4) is 0 Å². The second kappa shape index (κ2) is 8.20. The van der Waals surface area contributed by atoms with Gasteiger partial charge in [-0.15, -0.1) is 0 Å². The molecule has 2 aromatic heterocycles.